The number of halogens is 1. The number of unbranched alkanes of at least 4 members (excludes halogenated alkanes) is 7. The van der Waals surface area contributed by atoms with E-state index in [0.29, 0.717) is 82.7 Å². The Hall–Kier alpha value is -3.28. The molecule has 4 N–H and O–H groups in total. The fourth-order valence-corrected chi connectivity index (χ4v) is 5.16. The summed E-state index contributed by atoms with van der Waals surface area (Å²) in [5.74, 6) is -2.77. The Morgan fingerprint density at radius 1 is 0.761 bits per heavy atom. The van der Waals surface area contributed by atoms with E-state index in [1.165, 1.54) is 0 Å². The van der Waals surface area contributed by atoms with E-state index in [4.69, 9.17) is 9.84 Å². The Balaban J connectivity index is 2.04. The molecule has 1 aromatic rings. The van der Waals surface area contributed by atoms with Crippen LogP contribution in [0, 0.1) is 5.92 Å². The fraction of sp³-hybridized carbons (Fsp3) is 0.647. The smallest absolute Gasteiger partial charge is 0.407 e. The minimum Gasteiger partial charge on any atom is -0.481 e. The van der Waals surface area contributed by atoms with Crippen LogP contribution in [-0.2, 0) is 23.9 Å². The van der Waals surface area contributed by atoms with Crippen molar-refractivity contribution in [3.8, 4) is 0 Å². The standard InChI is InChI=1S/C34H51BrN2O9/c1-2-13-29(33(43)44)37-34(45)46-23-12-6-11-22-36-31(40)17-10-4-3-8-15-28(38)24-26(32(41)42)14-7-5-9-16-30(39)25-18-20-27(35)21-19-25/h18-21,26,29H,2-17,22-24H2,1H3,(H,36,40)(H,37,45)(H,41,42)(H,43,44)/t26?,29-/m0/s1/i35+0. The minimum absolute atomic E-state index is 0.0268. The summed E-state index contributed by atoms with van der Waals surface area (Å²) in [6.45, 7) is 2.53. The van der Waals surface area contributed by atoms with Crippen molar-refractivity contribution >= 4 is 51.4 Å². The number of hydrogen-bond donors (Lipinski definition) is 4. The number of alkyl carbamates (subject to hydrolysis) is 1. The maximum atomic E-state index is 12.4. The van der Waals surface area contributed by atoms with Crippen LogP contribution in [0.25, 0.3) is 0 Å². The van der Waals surface area contributed by atoms with Crippen LogP contribution in [-0.4, -0.2) is 64.9 Å². The van der Waals surface area contributed by atoms with Crippen LogP contribution in [0.3, 0.4) is 0 Å². The first-order chi connectivity index (χ1) is 22.0. The molecule has 258 valence electrons. The maximum Gasteiger partial charge on any atom is 0.407 e. The number of nitrogens with one attached hydrogen (secondary N) is 2. The molecule has 0 radical (unpaired) electrons. The van der Waals surface area contributed by atoms with Crippen LogP contribution < -0.4 is 10.6 Å². The van der Waals surface area contributed by atoms with Gasteiger partial charge in [-0.1, -0.05) is 67.1 Å². The summed E-state index contributed by atoms with van der Waals surface area (Å²) in [5.41, 5.74) is 0.665. The topological polar surface area (TPSA) is 176 Å². The number of rotatable bonds is 27. The van der Waals surface area contributed by atoms with Crippen molar-refractivity contribution in [2.45, 2.75) is 122 Å². The first kappa shape index (κ1) is 40.7. The number of benzene rings is 1. The number of carboxylic acids is 2. The molecule has 2 amide bonds. The van der Waals surface area contributed by atoms with E-state index < -0.39 is 30.0 Å². The first-order valence-corrected chi connectivity index (χ1v) is 17.3. The molecule has 0 saturated carbocycles. The minimum atomic E-state index is -1.09. The molecule has 0 aliphatic heterocycles. The zero-order chi connectivity index (χ0) is 34.2. The summed E-state index contributed by atoms with van der Waals surface area (Å²) in [5, 5.41) is 23.8. The van der Waals surface area contributed by atoms with Gasteiger partial charge in [-0.3, -0.25) is 19.2 Å². The SMILES string of the molecule is CCC[C@H](NC(=O)OCCCCCNC(=O)CCCCCCC(=O)CC(CCCCCC(=O)c1ccc([80Br])cc1)C(=O)O)C(=O)O. The molecule has 1 unspecified atom stereocenters. The van der Waals surface area contributed by atoms with E-state index in [1.54, 1.807) is 12.1 Å². The number of hydrogen-bond acceptors (Lipinski definition) is 7. The summed E-state index contributed by atoms with van der Waals surface area (Å²) in [6, 6.07) is 6.27. The summed E-state index contributed by atoms with van der Waals surface area (Å²) in [7, 11) is 0. The molecule has 0 aliphatic rings. The Bertz CT molecular complexity index is 1090. The molecule has 0 bridgehead atoms. The molecular formula is C34H51BrN2O9. The zero-order valence-corrected chi connectivity index (χ0v) is 28.6. The lowest BCUT2D eigenvalue weighted by molar-refractivity contribution is -0.144. The largest absolute Gasteiger partial charge is 0.481 e. The van der Waals surface area contributed by atoms with E-state index in [1.807, 2.05) is 19.1 Å². The van der Waals surface area contributed by atoms with Gasteiger partial charge >= 0.3 is 18.0 Å². The molecule has 0 spiro atoms. The van der Waals surface area contributed by atoms with Gasteiger partial charge in [-0.15, -0.1) is 0 Å². The molecule has 12 heteroatoms. The quantitative estimate of drug-likeness (QED) is 0.0562. The van der Waals surface area contributed by atoms with Crippen LogP contribution in [0.4, 0.5) is 4.79 Å². The van der Waals surface area contributed by atoms with Gasteiger partial charge in [0.05, 0.1) is 12.5 Å². The summed E-state index contributed by atoms with van der Waals surface area (Å²) in [4.78, 5) is 71.0. The molecule has 1 rings (SSSR count). The van der Waals surface area contributed by atoms with Gasteiger partial charge < -0.3 is 25.6 Å². The number of ketones is 2. The highest BCUT2D eigenvalue weighted by Crippen LogP contribution is 2.19. The molecular weight excluding hydrogens is 660 g/mol. The molecule has 46 heavy (non-hydrogen) atoms. The summed E-state index contributed by atoms with van der Waals surface area (Å²) >= 11 is 3.35. The Kier molecular flexibility index (Phi) is 22.0. The van der Waals surface area contributed by atoms with Crippen molar-refractivity contribution < 1.29 is 43.7 Å². The molecule has 0 aromatic heterocycles. The van der Waals surface area contributed by atoms with E-state index in [2.05, 4.69) is 26.6 Å². The second-order valence-electron chi connectivity index (χ2n) is 11.6. The van der Waals surface area contributed by atoms with Crippen LogP contribution in [0.15, 0.2) is 28.7 Å². The highest BCUT2D eigenvalue weighted by molar-refractivity contribution is 9.10. The number of carboxylic acid groups (broad SMARTS) is 2. The molecule has 0 fully saturated rings. The molecule has 11 nitrogen and oxygen atoms in total. The Labute approximate surface area is 280 Å². The lowest BCUT2D eigenvalue weighted by Crippen LogP contribution is -2.41. The zero-order valence-electron chi connectivity index (χ0n) is 27.0. The van der Waals surface area contributed by atoms with Crippen molar-refractivity contribution in [3.05, 3.63) is 34.3 Å². The van der Waals surface area contributed by atoms with Crippen LogP contribution in [0.2, 0.25) is 0 Å². The first-order valence-electron chi connectivity index (χ1n) is 16.5. The third-order valence-electron chi connectivity index (χ3n) is 7.60. The molecule has 2 atom stereocenters. The number of aliphatic carboxylic acids is 2. The number of ether oxygens (including phenoxy) is 1. The van der Waals surface area contributed by atoms with E-state index in [9.17, 15) is 33.9 Å². The van der Waals surface area contributed by atoms with Crippen molar-refractivity contribution in [3.63, 3.8) is 0 Å². The monoisotopic (exact) mass is 711 g/mol. The van der Waals surface area contributed by atoms with Crippen molar-refractivity contribution in [2.75, 3.05) is 13.2 Å². The number of amides is 2. The predicted octanol–water partition coefficient (Wildman–Crippen LogP) is 6.85. The third kappa shape index (κ3) is 20.0. The van der Waals surface area contributed by atoms with Crippen molar-refractivity contribution in [2.24, 2.45) is 5.92 Å². The van der Waals surface area contributed by atoms with Gasteiger partial charge in [-0.05, 0) is 63.5 Å². The average Bonchev–Trinajstić information content (AvgIpc) is 3.01. The van der Waals surface area contributed by atoms with Gasteiger partial charge in [0.2, 0.25) is 5.91 Å². The second kappa shape index (κ2) is 24.9. The lowest BCUT2D eigenvalue weighted by Gasteiger charge is -2.13. The van der Waals surface area contributed by atoms with Gasteiger partial charge in [0.1, 0.15) is 11.8 Å². The molecule has 0 heterocycles. The van der Waals surface area contributed by atoms with E-state index in [0.717, 1.165) is 36.6 Å². The van der Waals surface area contributed by atoms with Gasteiger partial charge in [0.15, 0.2) is 5.78 Å². The number of Topliss-reactive ketones (excluding diaryl/α,β-unsaturated/α-hetero) is 2. The molecule has 0 saturated heterocycles. The van der Waals surface area contributed by atoms with Crippen LogP contribution >= 0.6 is 15.9 Å². The highest BCUT2D eigenvalue weighted by atomic mass is 79.9. The maximum absolute atomic E-state index is 12.4. The van der Waals surface area contributed by atoms with Crippen LogP contribution in [0.5, 0.6) is 0 Å². The lowest BCUT2D eigenvalue weighted by atomic mass is 9.93. The number of carbonyl (C=O) groups excluding carboxylic acids is 4. The average molecular weight is 712 g/mol. The van der Waals surface area contributed by atoms with Gasteiger partial charge in [-0.25, -0.2) is 9.59 Å². The van der Waals surface area contributed by atoms with E-state index in [-0.39, 0.29) is 30.5 Å². The van der Waals surface area contributed by atoms with Crippen LogP contribution in [0.1, 0.15) is 126 Å². The summed E-state index contributed by atoms with van der Waals surface area (Å²) < 4.78 is 5.93. The normalized spacial score (nSPS) is 12.1. The van der Waals surface area contributed by atoms with Gasteiger partial charge in [0.25, 0.3) is 0 Å². The fourth-order valence-electron chi connectivity index (χ4n) is 4.90. The Morgan fingerprint density at radius 2 is 1.39 bits per heavy atom. The van der Waals surface area contributed by atoms with Crippen molar-refractivity contribution in [1.29, 1.82) is 0 Å². The second-order valence-corrected chi connectivity index (χ2v) is 12.5. The summed E-state index contributed by atoms with van der Waals surface area (Å²) in [6.07, 6.45) is 8.95. The Morgan fingerprint density at radius 3 is 2.04 bits per heavy atom. The molecule has 1 aromatic carbocycles. The van der Waals surface area contributed by atoms with Gasteiger partial charge in [-0.2, -0.15) is 0 Å². The third-order valence-corrected chi connectivity index (χ3v) is 8.13. The van der Waals surface area contributed by atoms with Crippen molar-refractivity contribution in [1.82, 2.24) is 10.6 Å². The van der Waals surface area contributed by atoms with E-state index >= 15 is 0 Å². The predicted molar refractivity (Wildman–Crippen MR) is 178 cm³/mol. The number of carbonyl (C=O) groups is 6. The van der Waals surface area contributed by atoms with Gasteiger partial charge in [0, 0.05) is 42.3 Å². The molecule has 0 aliphatic carbocycles. The highest BCUT2D eigenvalue weighted by Gasteiger charge is 2.21.